The fourth-order valence-corrected chi connectivity index (χ4v) is 4.05. The predicted molar refractivity (Wildman–Crippen MR) is 104 cm³/mol. The number of phenolic OH excluding ortho intramolecular Hbond substituents is 1. The number of aromatic hydroxyl groups is 1. The van der Waals surface area contributed by atoms with E-state index in [0.717, 1.165) is 54.8 Å². The lowest BCUT2D eigenvalue weighted by molar-refractivity contribution is 0.193. The van der Waals surface area contributed by atoms with Gasteiger partial charge in [-0.25, -0.2) is 0 Å². The molecule has 0 radical (unpaired) electrons. The lowest BCUT2D eigenvalue weighted by Gasteiger charge is -2.32. The molecule has 1 aliphatic rings. The number of ether oxygens (including phenoxy) is 1. The van der Waals surface area contributed by atoms with E-state index in [9.17, 15) is 5.11 Å². The first kappa shape index (κ1) is 18.8. The first-order chi connectivity index (χ1) is 12.6. The fraction of sp³-hybridized carbons (Fsp3) is 0.474. The van der Waals surface area contributed by atoms with Gasteiger partial charge in [0.1, 0.15) is 17.3 Å². The van der Waals surface area contributed by atoms with Crippen LogP contribution >= 0.6 is 11.8 Å². The van der Waals surface area contributed by atoms with Gasteiger partial charge in [0.2, 0.25) is 0 Å². The zero-order valence-corrected chi connectivity index (χ0v) is 16.2. The highest BCUT2D eigenvalue weighted by Crippen LogP contribution is 2.30. The van der Waals surface area contributed by atoms with Crippen LogP contribution in [-0.4, -0.2) is 50.7 Å². The molecular formula is C19H26N4O2S. The van der Waals surface area contributed by atoms with Crippen molar-refractivity contribution in [2.45, 2.75) is 30.5 Å². The monoisotopic (exact) mass is 374 g/mol. The lowest BCUT2D eigenvalue weighted by atomic mass is 9.96. The van der Waals surface area contributed by atoms with Crippen molar-refractivity contribution in [2.75, 3.05) is 26.0 Å². The lowest BCUT2D eigenvalue weighted by Crippen LogP contribution is -2.34. The van der Waals surface area contributed by atoms with Crippen LogP contribution in [0.3, 0.4) is 0 Å². The maximum atomic E-state index is 10.2. The highest BCUT2D eigenvalue weighted by Gasteiger charge is 2.26. The molecule has 1 aliphatic heterocycles. The Hall–Kier alpha value is -1.99. The summed E-state index contributed by atoms with van der Waals surface area (Å²) in [6, 6.07) is 5.49. The van der Waals surface area contributed by atoms with Gasteiger partial charge in [0.25, 0.3) is 0 Å². The van der Waals surface area contributed by atoms with Crippen LogP contribution in [0, 0.1) is 0 Å². The van der Waals surface area contributed by atoms with Crippen molar-refractivity contribution in [3.05, 3.63) is 42.2 Å². The van der Waals surface area contributed by atoms with E-state index in [0.29, 0.717) is 11.7 Å². The Bertz CT molecular complexity index is 762. The molecule has 1 aromatic heterocycles. The van der Waals surface area contributed by atoms with Gasteiger partial charge in [-0.1, -0.05) is 23.9 Å². The van der Waals surface area contributed by atoms with Crippen LogP contribution in [0.1, 0.15) is 30.1 Å². The van der Waals surface area contributed by atoms with Crippen LogP contribution < -0.4 is 4.74 Å². The molecule has 6 nitrogen and oxygen atoms in total. The van der Waals surface area contributed by atoms with Crippen LogP contribution in [0.2, 0.25) is 0 Å². The topological polar surface area (TPSA) is 63.4 Å². The highest BCUT2D eigenvalue weighted by molar-refractivity contribution is 7.99. The Morgan fingerprint density at radius 2 is 2.27 bits per heavy atom. The summed E-state index contributed by atoms with van der Waals surface area (Å²) in [6.07, 6.45) is 4.11. The number of phenols is 1. The van der Waals surface area contributed by atoms with Crippen molar-refractivity contribution >= 4 is 11.8 Å². The van der Waals surface area contributed by atoms with Crippen molar-refractivity contribution in [2.24, 2.45) is 7.05 Å². The molecular weight excluding hydrogens is 348 g/mol. The Morgan fingerprint density at radius 3 is 3.00 bits per heavy atom. The summed E-state index contributed by atoms with van der Waals surface area (Å²) in [6.45, 7) is 6.43. The van der Waals surface area contributed by atoms with Gasteiger partial charge in [0.15, 0.2) is 5.16 Å². The molecule has 2 aromatic rings. The second-order valence-corrected chi connectivity index (χ2v) is 7.56. The number of nitrogens with zero attached hydrogens (tertiary/aromatic N) is 4. The van der Waals surface area contributed by atoms with E-state index in [2.05, 4.69) is 26.2 Å². The molecule has 0 bridgehead atoms. The molecule has 26 heavy (non-hydrogen) atoms. The third kappa shape index (κ3) is 4.22. The number of thioether (sulfide) groups is 1. The first-order valence-electron chi connectivity index (χ1n) is 8.83. The second-order valence-electron chi connectivity index (χ2n) is 6.57. The third-order valence-corrected chi connectivity index (χ3v) is 5.77. The molecule has 1 fully saturated rings. The third-order valence-electron chi connectivity index (χ3n) is 4.76. The Kier molecular flexibility index (Phi) is 6.21. The van der Waals surface area contributed by atoms with E-state index in [1.54, 1.807) is 24.9 Å². The molecule has 3 rings (SSSR count). The minimum Gasteiger partial charge on any atom is -0.507 e. The smallest absolute Gasteiger partial charge is 0.191 e. The van der Waals surface area contributed by atoms with Gasteiger partial charge in [0.05, 0.1) is 7.11 Å². The number of likely N-dealkylation sites (tertiary alicyclic amines) is 1. The normalized spacial score (nSPS) is 18.0. The summed E-state index contributed by atoms with van der Waals surface area (Å²) in [4.78, 5) is 2.38. The molecule has 1 N–H and O–H groups in total. The standard InChI is InChI=1S/C19H26N4O2S/c1-4-10-26-19-21-20-18(22(19)2)15-6-5-9-23(13-15)12-14-7-8-16(25-3)11-17(14)24/h4,7-8,11,15,24H,1,5-6,9-10,12-13H2,2-3H3/t15-/m0/s1. The van der Waals surface area contributed by atoms with Gasteiger partial charge < -0.3 is 14.4 Å². The molecule has 0 aliphatic carbocycles. The molecule has 7 heteroatoms. The minimum absolute atomic E-state index is 0.285. The highest BCUT2D eigenvalue weighted by atomic mass is 32.2. The number of aromatic nitrogens is 3. The number of piperidine rings is 1. The van der Waals surface area contributed by atoms with Crippen molar-refractivity contribution in [1.29, 1.82) is 0 Å². The molecule has 1 aromatic carbocycles. The van der Waals surface area contributed by atoms with E-state index in [1.165, 1.54) is 0 Å². The number of rotatable bonds is 7. The number of hydrogen-bond donors (Lipinski definition) is 1. The van der Waals surface area contributed by atoms with Crippen LogP contribution in [0.4, 0.5) is 0 Å². The van der Waals surface area contributed by atoms with Gasteiger partial charge in [-0.15, -0.1) is 16.8 Å². The Balaban J connectivity index is 1.68. The molecule has 0 saturated carbocycles. The Morgan fingerprint density at radius 1 is 1.42 bits per heavy atom. The molecule has 1 saturated heterocycles. The summed E-state index contributed by atoms with van der Waals surface area (Å²) in [5.41, 5.74) is 0.923. The molecule has 0 spiro atoms. The number of hydrogen-bond acceptors (Lipinski definition) is 6. The summed E-state index contributed by atoms with van der Waals surface area (Å²) in [5, 5.41) is 19.9. The summed E-state index contributed by atoms with van der Waals surface area (Å²) in [7, 11) is 3.64. The first-order valence-corrected chi connectivity index (χ1v) is 9.82. The van der Waals surface area contributed by atoms with Crippen molar-refractivity contribution < 1.29 is 9.84 Å². The summed E-state index contributed by atoms with van der Waals surface area (Å²) < 4.78 is 7.26. The fourth-order valence-electron chi connectivity index (χ4n) is 3.40. The SMILES string of the molecule is C=CCSc1nnc([C@H]2CCCN(Cc3ccc(OC)cc3O)C2)n1C. The Labute approximate surface area is 158 Å². The average molecular weight is 375 g/mol. The van der Waals surface area contributed by atoms with Crippen LogP contribution in [0.15, 0.2) is 36.0 Å². The zero-order chi connectivity index (χ0) is 18.5. The number of methoxy groups -OCH3 is 1. The van der Waals surface area contributed by atoms with Crippen LogP contribution in [0.5, 0.6) is 11.5 Å². The van der Waals surface area contributed by atoms with Gasteiger partial charge in [-0.05, 0) is 25.5 Å². The van der Waals surface area contributed by atoms with E-state index < -0.39 is 0 Å². The molecule has 0 unspecified atom stereocenters. The van der Waals surface area contributed by atoms with Crippen LogP contribution in [-0.2, 0) is 13.6 Å². The summed E-state index contributed by atoms with van der Waals surface area (Å²) in [5.74, 6) is 3.19. The largest absolute Gasteiger partial charge is 0.507 e. The van der Waals surface area contributed by atoms with E-state index in [-0.39, 0.29) is 5.75 Å². The predicted octanol–water partition coefficient (Wildman–Crippen LogP) is 3.19. The average Bonchev–Trinajstić information content (AvgIpc) is 3.02. The summed E-state index contributed by atoms with van der Waals surface area (Å²) >= 11 is 1.65. The quantitative estimate of drug-likeness (QED) is 0.593. The van der Waals surface area contributed by atoms with E-state index in [4.69, 9.17) is 4.74 Å². The van der Waals surface area contributed by atoms with Crippen molar-refractivity contribution in [1.82, 2.24) is 19.7 Å². The van der Waals surface area contributed by atoms with Gasteiger partial charge in [-0.2, -0.15) is 0 Å². The molecule has 140 valence electrons. The molecule has 2 heterocycles. The molecule has 1 atom stereocenters. The van der Waals surface area contributed by atoms with Crippen molar-refractivity contribution in [3.8, 4) is 11.5 Å². The minimum atomic E-state index is 0.285. The second kappa shape index (κ2) is 8.60. The number of benzene rings is 1. The van der Waals surface area contributed by atoms with Gasteiger partial charge in [-0.3, -0.25) is 4.90 Å². The van der Waals surface area contributed by atoms with E-state index in [1.807, 2.05) is 25.3 Å². The van der Waals surface area contributed by atoms with Crippen LogP contribution in [0.25, 0.3) is 0 Å². The van der Waals surface area contributed by atoms with Gasteiger partial charge >= 0.3 is 0 Å². The van der Waals surface area contributed by atoms with Gasteiger partial charge in [0, 0.05) is 43.4 Å². The zero-order valence-electron chi connectivity index (χ0n) is 15.4. The van der Waals surface area contributed by atoms with Crippen molar-refractivity contribution in [3.63, 3.8) is 0 Å². The maximum Gasteiger partial charge on any atom is 0.191 e. The maximum absolute atomic E-state index is 10.2. The van der Waals surface area contributed by atoms with E-state index >= 15 is 0 Å². The molecule has 0 amide bonds.